The molecule has 0 bridgehead atoms. The van der Waals surface area contributed by atoms with Crippen molar-refractivity contribution in [1.29, 1.82) is 0 Å². The zero-order chi connectivity index (χ0) is 25.0. The van der Waals surface area contributed by atoms with E-state index in [1.54, 1.807) is 0 Å². The molecule has 0 aliphatic heterocycles. The Labute approximate surface area is 211 Å². The number of anilines is 2. The molecule has 4 aromatic rings. The summed E-state index contributed by atoms with van der Waals surface area (Å²) in [6.07, 6.45) is 0. The van der Waals surface area contributed by atoms with Crippen LogP contribution in [0.3, 0.4) is 0 Å². The Morgan fingerprint density at radius 3 is 1.89 bits per heavy atom. The summed E-state index contributed by atoms with van der Waals surface area (Å²) < 4.78 is 0. The lowest BCUT2D eigenvalue weighted by Crippen LogP contribution is -2.38. The Balaban J connectivity index is 1.69. The molecule has 0 N–H and O–H groups in total. The van der Waals surface area contributed by atoms with Gasteiger partial charge in [0.05, 0.1) is 0 Å². The molecule has 0 heterocycles. The summed E-state index contributed by atoms with van der Waals surface area (Å²) in [7, 11) is 0. The van der Waals surface area contributed by atoms with Gasteiger partial charge in [-0.15, -0.1) is 0 Å². The molecule has 35 heavy (non-hydrogen) atoms. The highest BCUT2D eigenvalue weighted by molar-refractivity contribution is 5.86. The lowest BCUT2D eigenvalue weighted by atomic mass is 9.77. The van der Waals surface area contributed by atoms with Gasteiger partial charge < -0.3 is 4.90 Å². The third-order valence-corrected chi connectivity index (χ3v) is 7.46. The van der Waals surface area contributed by atoms with Crippen molar-refractivity contribution in [3.05, 3.63) is 108 Å². The second kappa shape index (κ2) is 8.41. The van der Waals surface area contributed by atoms with E-state index in [-0.39, 0.29) is 11.0 Å². The number of hydrogen-bond donors (Lipinski definition) is 0. The normalized spacial score (nSPS) is 14.1. The van der Waals surface area contributed by atoms with Gasteiger partial charge in [-0.05, 0) is 83.8 Å². The van der Waals surface area contributed by atoms with Gasteiger partial charge >= 0.3 is 0 Å². The molecule has 0 atom stereocenters. The first kappa shape index (κ1) is 23.4. The molecule has 4 aromatic carbocycles. The van der Waals surface area contributed by atoms with Crippen LogP contribution in [0.15, 0.2) is 91.0 Å². The number of fused-ring (bicyclic) bond motifs is 3. The summed E-state index contributed by atoms with van der Waals surface area (Å²) >= 11 is 0. The van der Waals surface area contributed by atoms with Crippen molar-refractivity contribution in [3.63, 3.8) is 0 Å². The minimum atomic E-state index is -0.0816. The summed E-state index contributed by atoms with van der Waals surface area (Å²) in [4.78, 5) is 2.54. The van der Waals surface area contributed by atoms with Gasteiger partial charge in [-0.2, -0.15) is 0 Å². The third-order valence-electron chi connectivity index (χ3n) is 7.46. The van der Waals surface area contributed by atoms with Crippen molar-refractivity contribution in [3.8, 4) is 22.3 Å². The van der Waals surface area contributed by atoms with Crippen LogP contribution in [0.25, 0.3) is 22.3 Å². The first-order valence-electron chi connectivity index (χ1n) is 12.8. The van der Waals surface area contributed by atoms with Gasteiger partial charge in [-0.1, -0.05) is 100 Å². The maximum Gasteiger partial charge on any atom is 0.0454 e. The van der Waals surface area contributed by atoms with Crippen molar-refractivity contribution in [2.24, 2.45) is 0 Å². The van der Waals surface area contributed by atoms with Crippen LogP contribution in [-0.2, 0) is 5.41 Å². The van der Waals surface area contributed by atoms with Crippen molar-refractivity contribution in [1.82, 2.24) is 0 Å². The van der Waals surface area contributed by atoms with E-state index in [0.29, 0.717) is 5.92 Å². The van der Waals surface area contributed by atoms with E-state index in [9.17, 15) is 0 Å². The van der Waals surface area contributed by atoms with E-state index in [1.807, 2.05) is 0 Å². The molecular weight excluding hydrogens is 422 g/mol. The minimum Gasteiger partial charge on any atom is -0.336 e. The molecule has 1 heteroatoms. The van der Waals surface area contributed by atoms with Gasteiger partial charge in [0.1, 0.15) is 0 Å². The average Bonchev–Trinajstić information content (AvgIpc) is 3.06. The summed E-state index contributed by atoms with van der Waals surface area (Å²) in [6, 6.07) is 33.4. The molecule has 0 saturated heterocycles. The van der Waals surface area contributed by atoms with Gasteiger partial charge in [0.15, 0.2) is 0 Å². The molecule has 0 unspecified atom stereocenters. The zero-order valence-corrected chi connectivity index (χ0v) is 22.2. The first-order chi connectivity index (χ1) is 16.6. The van der Waals surface area contributed by atoms with Crippen LogP contribution in [0, 0.1) is 0 Å². The SMILES string of the molecule is CC(C)c1c(N(c2ccc(-c3ccccc3)cc2)C(C)(C)C)ccc2c1C(C)(C)c1ccccc1-2. The van der Waals surface area contributed by atoms with Gasteiger partial charge in [-0.3, -0.25) is 0 Å². The molecule has 178 valence electrons. The van der Waals surface area contributed by atoms with E-state index in [0.717, 1.165) is 0 Å². The predicted octanol–water partition coefficient (Wildman–Crippen LogP) is 9.72. The summed E-state index contributed by atoms with van der Waals surface area (Å²) in [5.74, 6) is 0.405. The fourth-order valence-electron chi connectivity index (χ4n) is 6.00. The van der Waals surface area contributed by atoms with Gasteiger partial charge in [-0.25, -0.2) is 0 Å². The standard InChI is InChI=1S/C34H37N/c1-23(2)31-30(22-21-28-27-15-11-12-16-29(27)34(6,7)32(28)31)35(33(3,4)5)26-19-17-25(18-20-26)24-13-9-8-10-14-24/h8-23H,1-7H3. The Hall–Kier alpha value is -3.32. The molecule has 0 saturated carbocycles. The molecule has 0 spiro atoms. The van der Waals surface area contributed by atoms with Crippen LogP contribution in [0.5, 0.6) is 0 Å². The topological polar surface area (TPSA) is 3.24 Å². The van der Waals surface area contributed by atoms with Gasteiger partial charge in [0.25, 0.3) is 0 Å². The highest BCUT2D eigenvalue weighted by atomic mass is 15.2. The summed E-state index contributed by atoms with van der Waals surface area (Å²) in [5, 5.41) is 0. The first-order valence-corrected chi connectivity index (χ1v) is 12.8. The summed E-state index contributed by atoms with van der Waals surface area (Å²) in [6.45, 7) is 16.4. The predicted molar refractivity (Wildman–Crippen MR) is 152 cm³/mol. The Bertz CT molecular complexity index is 1350. The number of rotatable bonds is 4. The van der Waals surface area contributed by atoms with Gasteiger partial charge in [0.2, 0.25) is 0 Å². The van der Waals surface area contributed by atoms with Crippen molar-refractivity contribution in [2.75, 3.05) is 4.90 Å². The van der Waals surface area contributed by atoms with Crippen LogP contribution in [0.4, 0.5) is 11.4 Å². The molecule has 1 nitrogen and oxygen atoms in total. The maximum atomic E-state index is 2.54. The van der Waals surface area contributed by atoms with Crippen LogP contribution >= 0.6 is 0 Å². The van der Waals surface area contributed by atoms with Crippen molar-refractivity contribution < 1.29 is 0 Å². The van der Waals surface area contributed by atoms with Crippen molar-refractivity contribution in [2.45, 2.75) is 65.3 Å². The van der Waals surface area contributed by atoms with E-state index in [2.05, 4.69) is 144 Å². The largest absolute Gasteiger partial charge is 0.336 e. The molecule has 1 aliphatic rings. The highest BCUT2D eigenvalue weighted by Crippen LogP contribution is 2.54. The van der Waals surface area contributed by atoms with E-state index < -0.39 is 0 Å². The monoisotopic (exact) mass is 459 g/mol. The zero-order valence-electron chi connectivity index (χ0n) is 22.2. The van der Waals surface area contributed by atoms with Crippen LogP contribution in [0.1, 0.15) is 71.1 Å². The van der Waals surface area contributed by atoms with Crippen molar-refractivity contribution >= 4 is 11.4 Å². The fraction of sp³-hybridized carbons (Fsp3) is 0.294. The number of nitrogens with zero attached hydrogens (tertiary/aromatic N) is 1. The quantitative estimate of drug-likeness (QED) is 0.293. The maximum absolute atomic E-state index is 2.54. The lowest BCUT2D eigenvalue weighted by molar-refractivity contribution is 0.555. The Morgan fingerprint density at radius 1 is 0.657 bits per heavy atom. The van der Waals surface area contributed by atoms with E-state index >= 15 is 0 Å². The summed E-state index contributed by atoms with van der Waals surface area (Å²) in [5.41, 5.74) is 12.1. The molecule has 1 aliphatic carbocycles. The molecule has 0 aromatic heterocycles. The molecule has 0 radical (unpaired) electrons. The highest BCUT2D eigenvalue weighted by Gasteiger charge is 2.40. The number of benzene rings is 4. The smallest absolute Gasteiger partial charge is 0.0454 e. The number of hydrogen-bond acceptors (Lipinski definition) is 1. The van der Waals surface area contributed by atoms with E-state index in [1.165, 1.54) is 50.3 Å². The Morgan fingerprint density at radius 2 is 1.26 bits per heavy atom. The van der Waals surface area contributed by atoms with E-state index in [4.69, 9.17) is 0 Å². The van der Waals surface area contributed by atoms with Crippen LogP contribution < -0.4 is 4.90 Å². The molecule has 0 amide bonds. The molecule has 5 rings (SSSR count). The van der Waals surface area contributed by atoms with Crippen LogP contribution in [0.2, 0.25) is 0 Å². The van der Waals surface area contributed by atoms with Gasteiger partial charge in [0, 0.05) is 22.3 Å². The Kier molecular flexibility index (Phi) is 5.63. The average molecular weight is 460 g/mol. The second-order valence-electron chi connectivity index (χ2n) is 11.7. The third kappa shape index (κ3) is 3.88. The second-order valence-corrected chi connectivity index (χ2v) is 11.7. The van der Waals surface area contributed by atoms with Crippen LogP contribution in [-0.4, -0.2) is 5.54 Å². The minimum absolute atomic E-state index is 0.0255. The molecular formula is C34H37N. The lowest BCUT2D eigenvalue weighted by Gasteiger charge is -2.41. The fourth-order valence-corrected chi connectivity index (χ4v) is 6.00. The molecule has 0 fully saturated rings.